The van der Waals surface area contributed by atoms with Gasteiger partial charge in [-0.1, -0.05) is 13.0 Å². The number of pyridine rings is 1. The summed E-state index contributed by atoms with van der Waals surface area (Å²) in [4.78, 5) is 4.49. The van der Waals surface area contributed by atoms with Gasteiger partial charge in [0.25, 0.3) is 0 Å². The van der Waals surface area contributed by atoms with Crippen LogP contribution in [0.2, 0.25) is 0 Å². The van der Waals surface area contributed by atoms with Crippen LogP contribution in [0.1, 0.15) is 25.1 Å². The maximum absolute atomic E-state index is 5.76. The first-order chi connectivity index (χ1) is 10.2. The van der Waals surface area contributed by atoms with Gasteiger partial charge < -0.3 is 14.8 Å². The highest BCUT2D eigenvalue weighted by atomic mass is 16.5. The molecule has 112 valence electrons. The molecule has 2 rings (SSSR count). The van der Waals surface area contributed by atoms with Gasteiger partial charge in [-0.3, -0.25) is 0 Å². The van der Waals surface area contributed by atoms with Gasteiger partial charge in [-0.25, -0.2) is 4.98 Å². The second-order valence-corrected chi connectivity index (χ2v) is 4.68. The van der Waals surface area contributed by atoms with Crippen molar-refractivity contribution in [1.29, 1.82) is 0 Å². The van der Waals surface area contributed by atoms with Gasteiger partial charge in [0.15, 0.2) is 0 Å². The highest BCUT2D eigenvalue weighted by Crippen LogP contribution is 2.23. The van der Waals surface area contributed by atoms with E-state index in [1.807, 2.05) is 44.2 Å². The number of hydrogen-bond acceptors (Lipinski definition) is 4. The third kappa shape index (κ3) is 4.46. The molecular formula is C17H22N2O2. The van der Waals surface area contributed by atoms with Crippen molar-refractivity contribution in [3.63, 3.8) is 0 Å². The summed E-state index contributed by atoms with van der Waals surface area (Å²) in [6, 6.07) is 11.5. The quantitative estimate of drug-likeness (QED) is 0.843. The summed E-state index contributed by atoms with van der Waals surface area (Å²) in [6.07, 6.45) is 0. The van der Waals surface area contributed by atoms with Crippen molar-refractivity contribution in [2.45, 2.75) is 27.3 Å². The Morgan fingerprint density at radius 3 is 2.33 bits per heavy atom. The number of aromatic nitrogens is 1. The van der Waals surface area contributed by atoms with Gasteiger partial charge in [-0.05, 0) is 50.2 Å². The molecule has 0 unspecified atom stereocenters. The van der Waals surface area contributed by atoms with Gasteiger partial charge >= 0.3 is 0 Å². The first-order valence-corrected chi connectivity index (χ1v) is 7.31. The number of nitrogens with one attached hydrogen (secondary N) is 1. The van der Waals surface area contributed by atoms with Crippen molar-refractivity contribution in [3.05, 3.63) is 47.7 Å². The minimum absolute atomic E-state index is 0.608. The summed E-state index contributed by atoms with van der Waals surface area (Å²) < 4.78 is 11.2. The van der Waals surface area contributed by atoms with Crippen molar-refractivity contribution in [2.75, 3.05) is 13.2 Å². The van der Waals surface area contributed by atoms with Crippen LogP contribution in [0.5, 0.6) is 17.4 Å². The molecule has 0 saturated heterocycles. The fourth-order valence-electron chi connectivity index (χ4n) is 1.96. The van der Waals surface area contributed by atoms with Crippen molar-refractivity contribution in [3.8, 4) is 17.4 Å². The van der Waals surface area contributed by atoms with Crippen LogP contribution in [0, 0.1) is 6.92 Å². The third-order valence-corrected chi connectivity index (χ3v) is 3.09. The second-order valence-electron chi connectivity index (χ2n) is 4.68. The van der Waals surface area contributed by atoms with Crippen LogP contribution >= 0.6 is 0 Å². The SMILES string of the molecule is CCNCc1ccc(Oc2ccc(OCC)cc2)nc1C. The Kier molecular flexibility index (Phi) is 5.58. The van der Waals surface area contributed by atoms with E-state index in [1.54, 1.807) is 0 Å². The summed E-state index contributed by atoms with van der Waals surface area (Å²) in [5, 5.41) is 3.30. The van der Waals surface area contributed by atoms with Gasteiger partial charge in [0.05, 0.1) is 6.61 Å². The minimum Gasteiger partial charge on any atom is -0.494 e. The average Bonchev–Trinajstić information content (AvgIpc) is 2.49. The number of benzene rings is 1. The fourth-order valence-corrected chi connectivity index (χ4v) is 1.96. The number of hydrogen-bond donors (Lipinski definition) is 1. The summed E-state index contributed by atoms with van der Waals surface area (Å²) in [7, 11) is 0. The molecule has 0 radical (unpaired) electrons. The van der Waals surface area contributed by atoms with Crippen molar-refractivity contribution >= 4 is 0 Å². The van der Waals surface area contributed by atoms with E-state index in [-0.39, 0.29) is 0 Å². The van der Waals surface area contributed by atoms with E-state index >= 15 is 0 Å². The Balaban J connectivity index is 2.03. The van der Waals surface area contributed by atoms with Gasteiger partial charge in [0.2, 0.25) is 5.88 Å². The Morgan fingerprint density at radius 1 is 1.00 bits per heavy atom. The molecule has 0 atom stereocenters. The molecule has 1 N–H and O–H groups in total. The van der Waals surface area contributed by atoms with Crippen LogP contribution in [0.15, 0.2) is 36.4 Å². The molecule has 1 heterocycles. The molecule has 0 bridgehead atoms. The molecule has 2 aromatic rings. The maximum atomic E-state index is 5.76. The summed E-state index contributed by atoms with van der Waals surface area (Å²) in [5.41, 5.74) is 2.18. The zero-order valence-corrected chi connectivity index (χ0v) is 12.8. The van der Waals surface area contributed by atoms with E-state index in [9.17, 15) is 0 Å². The highest BCUT2D eigenvalue weighted by molar-refractivity contribution is 5.34. The van der Waals surface area contributed by atoms with E-state index in [4.69, 9.17) is 9.47 Å². The van der Waals surface area contributed by atoms with Crippen LogP contribution in [0.25, 0.3) is 0 Å². The van der Waals surface area contributed by atoms with Gasteiger partial charge in [0, 0.05) is 18.3 Å². The van der Waals surface area contributed by atoms with Crippen LogP contribution in [-0.4, -0.2) is 18.1 Å². The molecule has 4 heteroatoms. The molecule has 4 nitrogen and oxygen atoms in total. The van der Waals surface area contributed by atoms with E-state index in [2.05, 4.69) is 23.3 Å². The standard InChI is InChI=1S/C17H22N2O2/c1-4-18-12-14-6-11-17(19-13(14)3)21-16-9-7-15(8-10-16)20-5-2/h6-11,18H,4-5,12H2,1-3H3. The van der Waals surface area contributed by atoms with Crippen molar-refractivity contribution < 1.29 is 9.47 Å². The maximum Gasteiger partial charge on any atom is 0.219 e. The molecule has 1 aromatic heterocycles. The largest absolute Gasteiger partial charge is 0.494 e. The van der Waals surface area contributed by atoms with Crippen LogP contribution in [0.3, 0.4) is 0 Å². The average molecular weight is 286 g/mol. The first kappa shape index (κ1) is 15.3. The molecule has 0 saturated carbocycles. The molecule has 0 spiro atoms. The molecule has 21 heavy (non-hydrogen) atoms. The Labute approximate surface area is 126 Å². The Bertz CT molecular complexity index is 568. The zero-order valence-electron chi connectivity index (χ0n) is 12.8. The van der Waals surface area contributed by atoms with Crippen molar-refractivity contribution in [2.24, 2.45) is 0 Å². The predicted octanol–water partition coefficient (Wildman–Crippen LogP) is 3.69. The fraction of sp³-hybridized carbons (Fsp3) is 0.353. The van der Waals surface area contributed by atoms with E-state index in [1.165, 1.54) is 5.56 Å². The topological polar surface area (TPSA) is 43.4 Å². The van der Waals surface area contributed by atoms with E-state index < -0.39 is 0 Å². The lowest BCUT2D eigenvalue weighted by Gasteiger charge is -2.10. The molecule has 1 aromatic carbocycles. The van der Waals surface area contributed by atoms with Crippen molar-refractivity contribution in [1.82, 2.24) is 10.3 Å². The second kappa shape index (κ2) is 7.64. The summed E-state index contributed by atoms with van der Waals surface area (Å²) in [6.45, 7) is 8.49. The van der Waals surface area contributed by atoms with Gasteiger partial charge in [0.1, 0.15) is 11.5 Å². The highest BCUT2D eigenvalue weighted by Gasteiger charge is 2.04. The van der Waals surface area contributed by atoms with Gasteiger partial charge in [-0.15, -0.1) is 0 Å². The lowest BCUT2D eigenvalue weighted by Crippen LogP contribution is -2.13. The number of ether oxygens (including phenoxy) is 2. The number of aryl methyl sites for hydroxylation is 1. The lowest BCUT2D eigenvalue weighted by atomic mass is 10.2. The smallest absolute Gasteiger partial charge is 0.219 e. The molecule has 0 fully saturated rings. The molecular weight excluding hydrogens is 264 g/mol. The molecule has 0 aliphatic carbocycles. The minimum atomic E-state index is 0.608. The zero-order chi connectivity index (χ0) is 15.1. The Morgan fingerprint density at radius 2 is 1.71 bits per heavy atom. The van der Waals surface area contributed by atoms with Crippen LogP contribution in [0.4, 0.5) is 0 Å². The monoisotopic (exact) mass is 286 g/mol. The Hall–Kier alpha value is -2.07. The molecule has 0 amide bonds. The number of nitrogens with zero attached hydrogens (tertiary/aromatic N) is 1. The first-order valence-electron chi connectivity index (χ1n) is 7.31. The normalized spacial score (nSPS) is 10.4. The van der Waals surface area contributed by atoms with Gasteiger partial charge in [-0.2, -0.15) is 0 Å². The van der Waals surface area contributed by atoms with Crippen LogP contribution in [-0.2, 0) is 6.54 Å². The summed E-state index contributed by atoms with van der Waals surface area (Å²) >= 11 is 0. The summed E-state index contributed by atoms with van der Waals surface area (Å²) in [5.74, 6) is 2.21. The molecule has 0 aliphatic heterocycles. The van der Waals surface area contributed by atoms with Crippen LogP contribution < -0.4 is 14.8 Å². The molecule has 0 aliphatic rings. The third-order valence-electron chi connectivity index (χ3n) is 3.09. The lowest BCUT2D eigenvalue weighted by molar-refractivity contribution is 0.339. The number of rotatable bonds is 7. The predicted molar refractivity (Wildman–Crippen MR) is 84.0 cm³/mol. The van der Waals surface area contributed by atoms with E-state index in [0.29, 0.717) is 12.5 Å². The van der Waals surface area contributed by atoms with E-state index in [0.717, 1.165) is 30.3 Å².